The first-order valence-electron chi connectivity index (χ1n) is 4.29. The summed E-state index contributed by atoms with van der Waals surface area (Å²) in [5.74, 6) is 0.615. The van der Waals surface area contributed by atoms with Gasteiger partial charge in [-0.1, -0.05) is 11.8 Å². The first kappa shape index (κ1) is 12.0. The Bertz CT molecular complexity index is 476. The summed E-state index contributed by atoms with van der Waals surface area (Å²) in [6.45, 7) is 1.80. The molecule has 1 heterocycles. The SMILES string of the molecule is Cc1[nH]c(=S)[nH]c(=O)c1CCSC(=N)N. The van der Waals surface area contributed by atoms with E-state index < -0.39 is 0 Å². The number of aromatic nitrogens is 2. The minimum absolute atomic E-state index is 0.0629. The lowest BCUT2D eigenvalue weighted by molar-refractivity contribution is 0.952. The standard InChI is InChI=1S/C8H12N4OS2/c1-4-5(2-3-15-7(9)10)6(13)12-8(14)11-4/h2-3H2,1H3,(H3,9,10)(H2,11,12,13,14). The molecule has 15 heavy (non-hydrogen) atoms. The third-order valence-corrected chi connectivity index (χ3v) is 2.79. The van der Waals surface area contributed by atoms with Crippen molar-refractivity contribution in [3.8, 4) is 0 Å². The fraction of sp³-hybridized carbons (Fsp3) is 0.375. The second-order valence-electron chi connectivity index (χ2n) is 2.97. The molecule has 5 N–H and O–H groups in total. The van der Waals surface area contributed by atoms with Crippen LogP contribution in [0.1, 0.15) is 11.3 Å². The second kappa shape index (κ2) is 5.13. The van der Waals surface area contributed by atoms with Gasteiger partial charge >= 0.3 is 0 Å². The lowest BCUT2D eigenvalue weighted by atomic mass is 10.2. The molecule has 0 saturated heterocycles. The van der Waals surface area contributed by atoms with E-state index in [1.54, 1.807) is 6.92 Å². The average molecular weight is 244 g/mol. The molecule has 1 aromatic rings. The summed E-state index contributed by atoms with van der Waals surface area (Å²) in [6, 6.07) is 0. The number of hydrogen-bond acceptors (Lipinski definition) is 4. The summed E-state index contributed by atoms with van der Waals surface area (Å²) >= 11 is 6.05. The van der Waals surface area contributed by atoms with Crippen molar-refractivity contribution in [3.05, 3.63) is 26.4 Å². The highest BCUT2D eigenvalue weighted by Crippen LogP contribution is 2.05. The first-order chi connectivity index (χ1) is 7.00. The highest BCUT2D eigenvalue weighted by Gasteiger charge is 2.04. The summed E-state index contributed by atoms with van der Waals surface area (Å²) in [4.78, 5) is 16.9. The molecule has 0 bridgehead atoms. The van der Waals surface area contributed by atoms with E-state index in [1.807, 2.05) is 0 Å². The molecule has 1 aromatic heterocycles. The normalized spacial score (nSPS) is 10.2. The van der Waals surface area contributed by atoms with Gasteiger partial charge in [0.05, 0.1) is 0 Å². The molecular weight excluding hydrogens is 232 g/mol. The molecular formula is C8H12N4OS2. The van der Waals surface area contributed by atoms with Gasteiger partial charge in [-0.25, -0.2) is 0 Å². The Morgan fingerprint density at radius 1 is 1.60 bits per heavy atom. The van der Waals surface area contributed by atoms with Crippen molar-refractivity contribution in [2.24, 2.45) is 5.73 Å². The molecule has 0 fully saturated rings. The molecule has 5 nitrogen and oxygen atoms in total. The predicted octanol–water partition coefficient (Wildman–Crippen LogP) is 0.910. The number of thioether (sulfide) groups is 1. The van der Waals surface area contributed by atoms with Crippen LogP contribution in [0.15, 0.2) is 4.79 Å². The zero-order chi connectivity index (χ0) is 11.4. The zero-order valence-electron chi connectivity index (χ0n) is 8.22. The molecule has 0 unspecified atom stereocenters. The minimum atomic E-state index is -0.166. The van der Waals surface area contributed by atoms with E-state index in [1.165, 1.54) is 11.8 Å². The fourth-order valence-corrected chi connectivity index (χ4v) is 1.96. The molecule has 0 aliphatic rings. The Kier molecular flexibility index (Phi) is 4.10. The lowest BCUT2D eigenvalue weighted by Gasteiger charge is -2.03. The van der Waals surface area contributed by atoms with Crippen molar-refractivity contribution in [3.63, 3.8) is 0 Å². The van der Waals surface area contributed by atoms with Crippen LogP contribution in [-0.2, 0) is 6.42 Å². The third kappa shape index (κ3) is 3.52. The zero-order valence-corrected chi connectivity index (χ0v) is 9.85. The molecule has 0 aliphatic carbocycles. The number of H-pyrrole nitrogens is 2. The first-order valence-corrected chi connectivity index (χ1v) is 5.69. The Balaban J connectivity index is 2.82. The number of rotatable bonds is 3. The van der Waals surface area contributed by atoms with E-state index in [0.717, 1.165) is 5.69 Å². The van der Waals surface area contributed by atoms with Crippen molar-refractivity contribution < 1.29 is 0 Å². The number of nitrogens with one attached hydrogen (secondary N) is 3. The van der Waals surface area contributed by atoms with Crippen LogP contribution in [0.25, 0.3) is 0 Å². The number of aromatic amines is 2. The summed E-state index contributed by atoms with van der Waals surface area (Å²) < 4.78 is 0.334. The van der Waals surface area contributed by atoms with E-state index in [4.69, 9.17) is 23.4 Å². The van der Waals surface area contributed by atoms with Gasteiger partial charge in [-0.15, -0.1) is 0 Å². The summed E-state index contributed by atoms with van der Waals surface area (Å²) in [6.07, 6.45) is 0.567. The van der Waals surface area contributed by atoms with Crippen LogP contribution in [0.4, 0.5) is 0 Å². The Labute approximate surface area is 96.0 Å². The highest BCUT2D eigenvalue weighted by atomic mass is 32.2. The highest BCUT2D eigenvalue weighted by molar-refractivity contribution is 8.13. The van der Waals surface area contributed by atoms with Crippen LogP contribution in [0, 0.1) is 17.1 Å². The number of hydrogen-bond donors (Lipinski definition) is 4. The Morgan fingerprint density at radius 2 is 2.27 bits per heavy atom. The molecule has 1 rings (SSSR count). The summed E-state index contributed by atoms with van der Waals surface area (Å²) in [5, 5.41) is 7.09. The molecule has 0 saturated carbocycles. The number of aryl methyl sites for hydroxylation is 1. The van der Waals surface area contributed by atoms with Gasteiger partial charge in [-0.2, -0.15) is 0 Å². The van der Waals surface area contributed by atoms with Gasteiger partial charge in [-0.3, -0.25) is 15.2 Å². The van der Waals surface area contributed by atoms with E-state index in [0.29, 0.717) is 22.5 Å². The van der Waals surface area contributed by atoms with Crippen LogP contribution >= 0.6 is 24.0 Å². The number of amidine groups is 1. The largest absolute Gasteiger partial charge is 0.379 e. The summed E-state index contributed by atoms with van der Waals surface area (Å²) in [7, 11) is 0. The third-order valence-electron chi connectivity index (χ3n) is 1.86. The molecule has 7 heteroatoms. The second-order valence-corrected chi connectivity index (χ2v) is 4.52. The van der Waals surface area contributed by atoms with Gasteiger partial charge in [0.1, 0.15) is 0 Å². The van der Waals surface area contributed by atoms with E-state index >= 15 is 0 Å². The smallest absolute Gasteiger partial charge is 0.255 e. The quantitative estimate of drug-likeness (QED) is 0.361. The number of nitrogens with two attached hydrogens (primary N) is 1. The summed E-state index contributed by atoms with van der Waals surface area (Å²) in [5.41, 5.74) is 6.46. The monoisotopic (exact) mass is 244 g/mol. The molecule has 0 aromatic carbocycles. The van der Waals surface area contributed by atoms with E-state index in [2.05, 4.69) is 9.97 Å². The van der Waals surface area contributed by atoms with Crippen LogP contribution in [-0.4, -0.2) is 20.9 Å². The predicted molar refractivity (Wildman–Crippen MR) is 65.1 cm³/mol. The fourth-order valence-electron chi connectivity index (χ4n) is 1.19. The molecule has 0 spiro atoms. The van der Waals surface area contributed by atoms with Gasteiger partial charge in [0.25, 0.3) is 5.56 Å². The average Bonchev–Trinajstić information content (AvgIpc) is 2.08. The van der Waals surface area contributed by atoms with Crippen molar-refractivity contribution >= 4 is 29.1 Å². The molecule has 0 radical (unpaired) electrons. The maximum Gasteiger partial charge on any atom is 0.255 e. The van der Waals surface area contributed by atoms with Gasteiger partial charge in [0.2, 0.25) is 0 Å². The molecule has 0 atom stereocenters. The van der Waals surface area contributed by atoms with Crippen molar-refractivity contribution in [1.82, 2.24) is 9.97 Å². The van der Waals surface area contributed by atoms with Gasteiger partial charge in [0, 0.05) is 17.0 Å². The Morgan fingerprint density at radius 3 is 2.80 bits per heavy atom. The molecule has 0 aliphatic heterocycles. The lowest BCUT2D eigenvalue weighted by Crippen LogP contribution is -2.17. The van der Waals surface area contributed by atoms with Crippen LogP contribution in [0.5, 0.6) is 0 Å². The van der Waals surface area contributed by atoms with E-state index in [-0.39, 0.29) is 10.7 Å². The minimum Gasteiger partial charge on any atom is -0.379 e. The maximum absolute atomic E-state index is 11.5. The van der Waals surface area contributed by atoms with Crippen molar-refractivity contribution in [2.45, 2.75) is 13.3 Å². The Hall–Kier alpha value is -1.08. The maximum atomic E-state index is 11.5. The van der Waals surface area contributed by atoms with Crippen LogP contribution < -0.4 is 11.3 Å². The topological polar surface area (TPSA) is 98.5 Å². The van der Waals surface area contributed by atoms with Gasteiger partial charge in [-0.05, 0) is 25.6 Å². The molecule has 0 amide bonds. The van der Waals surface area contributed by atoms with E-state index in [9.17, 15) is 4.79 Å². The van der Waals surface area contributed by atoms with Gasteiger partial charge in [0.15, 0.2) is 9.94 Å². The van der Waals surface area contributed by atoms with Crippen molar-refractivity contribution in [1.29, 1.82) is 5.41 Å². The molecule has 82 valence electrons. The van der Waals surface area contributed by atoms with Crippen LogP contribution in [0.2, 0.25) is 0 Å². The van der Waals surface area contributed by atoms with Crippen LogP contribution in [0.3, 0.4) is 0 Å². The van der Waals surface area contributed by atoms with Gasteiger partial charge < -0.3 is 10.7 Å². The van der Waals surface area contributed by atoms with Crippen molar-refractivity contribution in [2.75, 3.05) is 5.75 Å².